The lowest BCUT2D eigenvalue weighted by molar-refractivity contribution is 0.481. The molecule has 0 saturated carbocycles. The van der Waals surface area contributed by atoms with Crippen LogP contribution in [0.2, 0.25) is 0 Å². The quantitative estimate of drug-likeness (QED) is 0.708. The minimum absolute atomic E-state index is 0.0356. The van der Waals surface area contributed by atoms with E-state index in [4.69, 9.17) is 0 Å². The van der Waals surface area contributed by atoms with Crippen molar-refractivity contribution in [1.82, 2.24) is 9.97 Å². The number of aromatic hydroxyl groups is 1. The second-order valence-electron chi connectivity index (χ2n) is 3.52. The van der Waals surface area contributed by atoms with Gasteiger partial charge in [-0.1, -0.05) is 12.1 Å². The maximum Gasteiger partial charge on any atom is 0.229 e. The Bertz CT molecular complexity index is 709. The zero-order valence-electron chi connectivity index (χ0n) is 9.19. The fourth-order valence-corrected chi connectivity index (χ4v) is 2.01. The molecule has 1 aromatic carbocycles. The number of aromatic nitrogens is 2. The monoisotopic (exact) mass is 256 g/mol. The van der Waals surface area contributed by atoms with Crippen LogP contribution in [0.15, 0.2) is 52.3 Å². The summed E-state index contributed by atoms with van der Waals surface area (Å²) in [5, 5.41) is 21.2. The molecule has 0 amide bonds. The van der Waals surface area contributed by atoms with Gasteiger partial charge in [-0.15, -0.1) is 21.6 Å². The highest BCUT2D eigenvalue weighted by Gasteiger charge is 2.06. The number of phenolic OH excluding ortho intramolecular Hbond substituents is 1. The molecule has 18 heavy (non-hydrogen) atoms. The zero-order chi connectivity index (χ0) is 12.4. The lowest BCUT2D eigenvalue weighted by Crippen LogP contribution is -1.78. The molecule has 3 rings (SSSR count). The topological polar surface area (TPSA) is 70.7 Å². The molecule has 0 bridgehead atoms. The highest BCUT2D eigenvalue weighted by Crippen LogP contribution is 2.34. The molecule has 0 atom stereocenters. The molecule has 88 valence electrons. The average Bonchev–Trinajstić information content (AvgIpc) is 2.91. The fraction of sp³-hybridized carbons (Fsp3) is 0. The summed E-state index contributed by atoms with van der Waals surface area (Å²) in [6, 6.07) is 7.25. The van der Waals surface area contributed by atoms with E-state index in [1.165, 1.54) is 11.3 Å². The van der Waals surface area contributed by atoms with Crippen LogP contribution in [0, 0.1) is 0 Å². The number of nitrogens with zero attached hydrogens (tertiary/aromatic N) is 4. The third kappa shape index (κ3) is 1.93. The SMILES string of the molecule is Oc1c(N=Nc2nccs2)ccc2cccnc12. The molecule has 1 N–H and O–H groups in total. The molecule has 2 heterocycles. The van der Waals surface area contributed by atoms with Gasteiger partial charge in [0.15, 0.2) is 5.75 Å². The third-order valence-corrected chi connectivity index (χ3v) is 3.04. The largest absolute Gasteiger partial charge is 0.504 e. The second kappa shape index (κ2) is 4.50. The first-order valence-electron chi connectivity index (χ1n) is 5.22. The van der Waals surface area contributed by atoms with Gasteiger partial charge in [0, 0.05) is 23.2 Å². The molecule has 0 aliphatic carbocycles. The first kappa shape index (κ1) is 10.8. The van der Waals surface area contributed by atoms with E-state index in [9.17, 15) is 5.11 Å². The van der Waals surface area contributed by atoms with Gasteiger partial charge >= 0.3 is 0 Å². The van der Waals surface area contributed by atoms with Crippen molar-refractivity contribution in [3.05, 3.63) is 42.0 Å². The molecule has 0 fully saturated rings. The standard InChI is InChI=1S/C12H8N4OS/c17-11-9(15-16-12-14-6-7-18-12)4-3-8-2-1-5-13-10(8)11/h1-7,17H. The van der Waals surface area contributed by atoms with Crippen molar-refractivity contribution >= 4 is 33.1 Å². The Morgan fingerprint density at radius 3 is 2.83 bits per heavy atom. The number of pyridine rings is 1. The number of benzene rings is 1. The van der Waals surface area contributed by atoms with Gasteiger partial charge in [-0.3, -0.25) is 4.98 Å². The molecule has 0 spiro atoms. The summed E-state index contributed by atoms with van der Waals surface area (Å²) in [5.74, 6) is 0.0356. The van der Waals surface area contributed by atoms with Crippen LogP contribution in [0.4, 0.5) is 10.8 Å². The van der Waals surface area contributed by atoms with E-state index in [2.05, 4.69) is 20.2 Å². The van der Waals surface area contributed by atoms with E-state index in [-0.39, 0.29) is 5.75 Å². The highest BCUT2D eigenvalue weighted by molar-refractivity contribution is 7.13. The number of rotatable bonds is 2. The van der Waals surface area contributed by atoms with E-state index in [1.54, 1.807) is 18.5 Å². The molecule has 0 aliphatic rings. The number of fused-ring (bicyclic) bond motifs is 1. The first-order chi connectivity index (χ1) is 8.84. The molecule has 5 nitrogen and oxygen atoms in total. The third-order valence-electron chi connectivity index (χ3n) is 2.39. The van der Waals surface area contributed by atoms with Crippen LogP contribution in [0.5, 0.6) is 5.75 Å². The van der Waals surface area contributed by atoms with Crippen molar-refractivity contribution < 1.29 is 5.11 Å². The van der Waals surface area contributed by atoms with Crippen LogP contribution < -0.4 is 0 Å². The van der Waals surface area contributed by atoms with Crippen molar-refractivity contribution in [1.29, 1.82) is 0 Å². The molecule has 0 saturated heterocycles. The Hall–Kier alpha value is -2.34. The van der Waals surface area contributed by atoms with Gasteiger partial charge in [0.25, 0.3) is 0 Å². The predicted octanol–water partition coefficient (Wildman–Crippen LogP) is 3.81. The Labute approximate surface area is 106 Å². The van der Waals surface area contributed by atoms with Crippen LogP contribution in [-0.4, -0.2) is 15.1 Å². The van der Waals surface area contributed by atoms with E-state index in [0.717, 1.165) is 5.39 Å². The molecular formula is C12H8N4OS. The fourth-order valence-electron chi connectivity index (χ4n) is 1.56. The first-order valence-corrected chi connectivity index (χ1v) is 6.10. The van der Waals surface area contributed by atoms with Crippen LogP contribution in [0.25, 0.3) is 10.9 Å². The van der Waals surface area contributed by atoms with E-state index in [0.29, 0.717) is 16.3 Å². The van der Waals surface area contributed by atoms with E-state index < -0.39 is 0 Å². The van der Waals surface area contributed by atoms with Gasteiger partial charge in [0.05, 0.1) is 0 Å². The Morgan fingerprint density at radius 2 is 2.00 bits per heavy atom. The summed E-state index contributed by atoms with van der Waals surface area (Å²) < 4.78 is 0. The van der Waals surface area contributed by atoms with Crippen LogP contribution in [0.1, 0.15) is 0 Å². The highest BCUT2D eigenvalue weighted by atomic mass is 32.1. The van der Waals surface area contributed by atoms with Crippen molar-refractivity contribution in [2.45, 2.75) is 0 Å². The number of phenols is 1. The molecule has 0 aliphatic heterocycles. The Balaban J connectivity index is 2.05. The summed E-state index contributed by atoms with van der Waals surface area (Å²) in [6.07, 6.45) is 3.28. The number of thiazole rings is 1. The second-order valence-corrected chi connectivity index (χ2v) is 4.40. The van der Waals surface area contributed by atoms with Gasteiger partial charge in [-0.25, -0.2) is 4.98 Å². The lowest BCUT2D eigenvalue weighted by Gasteiger charge is -2.01. The molecule has 6 heteroatoms. The zero-order valence-corrected chi connectivity index (χ0v) is 10.0. The van der Waals surface area contributed by atoms with Crippen molar-refractivity contribution in [3.63, 3.8) is 0 Å². The number of azo groups is 1. The summed E-state index contributed by atoms with van der Waals surface area (Å²) in [7, 11) is 0. The summed E-state index contributed by atoms with van der Waals surface area (Å²) >= 11 is 1.38. The summed E-state index contributed by atoms with van der Waals surface area (Å²) in [6.45, 7) is 0. The average molecular weight is 256 g/mol. The van der Waals surface area contributed by atoms with Crippen LogP contribution >= 0.6 is 11.3 Å². The Kier molecular flexibility index (Phi) is 2.70. The smallest absolute Gasteiger partial charge is 0.229 e. The van der Waals surface area contributed by atoms with Gasteiger partial charge in [-0.2, -0.15) is 0 Å². The Morgan fingerprint density at radius 1 is 1.06 bits per heavy atom. The molecule has 3 aromatic rings. The lowest BCUT2D eigenvalue weighted by atomic mass is 10.2. The molecular weight excluding hydrogens is 248 g/mol. The van der Waals surface area contributed by atoms with Crippen molar-refractivity contribution in [2.75, 3.05) is 0 Å². The van der Waals surface area contributed by atoms with E-state index >= 15 is 0 Å². The normalized spacial score (nSPS) is 11.3. The van der Waals surface area contributed by atoms with Gasteiger partial charge in [-0.05, 0) is 12.1 Å². The maximum atomic E-state index is 10.0. The van der Waals surface area contributed by atoms with Crippen LogP contribution in [-0.2, 0) is 0 Å². The molecule has 0 radical (unpaired) electrons. The molecule has 0 unspecified atom stereocenters. The molecule has 2 aromatic heterocycles. The number of hydrogen-bond donors (Lipinski definition) is 1. The summed E-state index contributed by atoms with van der Waals surface area (Å²) in [5.41, 5.74) is 0.907. The van der Waals surface area contributed by atoms with Crippen molar-refractivity contribution in [2.24, 2.45) is 10.2 Å². The van der Waals surface area contributed by atoms with E-state index in [1.807, 2.05) is 23.6 Å². The number of hydrogen-bond acceptors (Lipinski definition) is 6. The van der Waals surface area contributed by atoms with Gasteiger partial charge < -0.3 is 5.11 Å². The predicted molar refractivity (Wildman–Crippen MR) is 69.7 cm³/mol. The van der Waals surface area contributed by atoms with Gasteiger partial charge in [0.2, 0.25) is 5.13 Å². The van der Waals surface area contributed by atoms with Crippen molar-refractivity contribution in [3.8, 4) is 5.75 Å². The maximum absolute atomic E-state index is 10.0. The van der Waals surface area contributed by atoms with Crippen LogP contribution in [0.3, 0.4) is 0 Å². The summed E-state index contributed by atoms with van der Waals surface area (Å²) in [4.78, 5) is 8.11. The minimum Gasteiger partial charge on any atom is -0.504 e. The van der Waals surface area contributed by atoms with Gasteiger partial charge in [0.1, 0.15) is 11.2 Å². The minimum atomic E-state index is 0.0356.